The van der Waals surface area contributed by atoms with Crippen LogP contribution in [0.5, 0.6) is 0 Å². The second kappa shape index (κ2) is 5.49. The van der Waals surface area contributed by atoms with E-state index in [2.05, 4.69) is 36.7 Å². The largest absolute Gasteiger partial charge is 0.324 e. The third-order valence-corrected chi connectivity index (χ3v) is 3.79. The van der Waals surface area contributed by atoms with Crippen molar-refractivity contribution >= 4 is 5.57 Å². The molecule has 2 heteroatoms. The van der Waals surface area contributed by atoms with Crippen molar-refractivity contribution in [2.75, 3.05) is 0 Å². The van der Waals surface area contributed by atoms with Crippen LogP contribution in [-0.4, -0.2) is 11.0 Å². The summed E-state index contributed by atoms with van der Waals surface area (Å²) in [5, 5.41) is 0. The average Bonchev–Trinajstić information content (AvgIpc) is 2.38. The number of hydrogen-bond acceptors (Lipinski definition) is 2. The zero-order valence-corrected chi connectivity index (χ0v) is 11.3. The highest BCUT2D eigenvalue weighted by Gasteiger charge is 2.16. The fourth-order valence-corrected chi connectivity index (χ4v) is 2.32. The summed E-state index contributed by atoms with van der Waals surface area (Å²) in [6, 6.07) is 4.40. The molecule has 2 N–H and O–H groups in total. The number of aromatic nitrogens is 1. The average molecular weight is 242 g/mol. The number of nitrogens with two attached hydrogens (primary N) is 1. The lowest BCUT2D eigenvalue weighted by Gasteiger charge is -2.21. The third kappa shape index (κ3) is 2.70. The number of allylic oxidation sites excluding steroid dienone is 2. The Morgan fingerprint density at radius 1 is 1.50 bits per heavy atom. The van der Waals surface area contributed by atoms with Gasteiger partial charge in [-0.15, -0.1) is 0 Å². The van der Waals surface area contributed by atoms with Gasteiger partial charge in [0.25, 0.3) is 0 Å². The molecular formula is C16H22N2. The first-order chi connectivity index (χ1) is 8.59. The predicted octanol–water partition coefficient (Wildman–Crippen LogP) is 3.66. The Hall–Kier alpha value is -1.41. The molecule has 0 radical (unpaired) electrons. The first-order valence-corrected chi connectivity index (χ1v) is 6.67. The topological polar surface area (TPSA) is 38.9 Å². The highest BCUT2D eigenvalue weighted by atomic mass is 14.7. The zero-order valence-electron chi connectivity index (χ0n) is 11.3. The highest BCUT2D eigenvalue weighted by molar-refractivity contribution is 5.69. The van der Waals surface area contributed by atoms with Gasteiger partial charge in [-0.3, -0.25) is 4.98 Å². The van der Waals surface area contributed by atoms with Crippen LogP contribution in [0.1, 0.15) is 50.3 Å². The molecule has 1 aliphatic carbocycles. The fraction of sp³-hybridized carbons (Fsp3) is 0.438. The van der Waals surface area contributed by atoms with E-state index in [0.717, 1.165) is 24.1 Å². The molecule has 0 saturated heterocycles. The van der Waals surface area contributed by atoms with Crippen LogP contribution >= 0.6 is 0 Å². The van der Waals surface area contributed by atoms with Crippen LogP contribution in [0.2, 0.25) is 0 Å². The van der Waals surface area contributed by atoms with E-state index in [1.54, 1.807) is 0 Å². The quantitative estimate of drug-likeness (QED) is 0.822. The van der Waals surface area contributed by atoms with Crippen molar-refractivity contribution in [2.45, 2.75) is 45.1 Å². The van der Waals surface area contributed by atoms with Gasteiger partial charge in [-0.05, 0) is 43.4 Å². The molecule has 2 unspecified atom stereocenters. The Labute approximate surface area is 110 Å². The Morgan fingerprint density at radius 2 is 2.28 bits per heavy atom. The summed E-state index contributed by atoms with van der Waals surface area (Å²) in [5.74, 6) is 0.313. The van der Waals surface area contributed by atoms with Crippen LogP contribution in [-0.2, 0) is 0 Å². The summed E-state index contributed by atoms with van der Waals surface area (Å²) in [7, 11) is 0. The predicted molar refractivity (Wildman–Crippen MR) is 77.3 cm³/mol. The van der Waals surface area contributed by atoms with Crippen molar-refractivity contribution in [1.82, 2.24) is 4.98 Å². The molecule has 0 fully saturated rings. The summed E-state index contributed by atoms with van der Waals surface area (Å²) in [4.78, 5) is 4.55. The molecule has 0 spiro atoms. The van der Waals surface area contributed by atoms with E-state index in [1.807, 2.05) is 13.1 Å². The maximum absolute atomic E-state index is 6.15. The molecule has 1 aromatic rings. The number of hydrogen-bond donors (Lipinski definition) is 1. The first-order valence-electron chi connectivity index (χ1n) is 6.67. The van der Waals surface area contributed by atoms with Crippen LogP contribution in [0.15, 0.2) is 36.6 Å². The maximum Gasteiger partial charge on any atom is 0.0472 e. The van der Waals surface area contributed by atoms with Gasteiger partial charge in [0.15, 0.2) is 0 Å². The van der Waals surface area contributed by atoms with Gasteiger partial charge in [0.05, 0.1) is 0 Å². The molecule has 18 heavy (non-hydrogen) atoms. The summed E-state index contributed by atoms with van der Waals surface area (Å²) in [6.07, 6.45) is 7.62. The van der Waals surface area contributed by atoms with Gasteiger partial charge in [-0.2, -0.15) is 0 Å². The molecule has 2 atom stereocenters. The minimum absolute atomic E-state index is 0.171. The van der Waals surface area contributed by atoms with E-state index in [-0.39, 0.29) is 6.04 Å². The van der Waals surface area contributed by atoms with Crippen molar-refractivity contribution < 1.29 is 0 Å². The molecule has 2 nitrogen and oxygen atoms in total. The summed E-state index contributed by atoms with van der Waals surface area (Å²) in [5.41, 5.74) is 10.8. The minimum atomic E-state index is 0.171. The molecule has 0 bridgehead atoms. The zero-order chi connectivity index (χ0) is 13.1. The van der Waals surface area contributed by atoms with Gasteiger partial charge in [-0.1, -0.05) is 31.2 Å². The molecule has 96 valence electrons. The van der Waals surface area contributed by atoms with Crippen LogP contribution in [0.25, 0.3) is 5.57 Å². The molecule has 0 saturated carbocycles. The first kappa shape index (κ1) is 13.0. The molecule has 1 aromatic heterocycles. The molecule has 0 aliphatic heterocycles. The normalized spacial score (nSPS) is 21.3. The molecule has 2 rings (SSSR count). The van der Waals surface area contributed by atoms with Gasteiger partial charge < -0.3 is 5.73 Å². The van der Waals surface area contributed by atoms with Crippen molar-refractivity contribution in [3.63, 3.8) is 0 Å². The molecular weight excluding hydrogens is 220 g/mol. The van der Waals surface area contributed by atoms with Gasteiger partial charge in [0.1, 0.15) is 0 Å². The van der Waals surface area contributed by atoms with E-state index in [0.29, 0.717) is 5.92 Å². The van der Waals surface area contributed by atoms with Crippen LogP contribution in [0, 0.1) is 0 Å². The van der Waals surface area contributed by atoms with Crippen molar-refractivity contribution in [2.24, 2.45) is 5.73 Å². The Kier molecular flexibility index (Phi) is 3.97. The van der Waals surface area contributed by atoms with Crippen molar-refractivity contribution in [3.8, 4) is 0 Å². The number of pyridine rings is 1. The van der Waals surface area contributed by atoms with E-state index < -0.39 is 0 Å². The fourth-order valence-electron chi connectivity index (χ4n) is 2.32. The van der Waals surface area contributed by atoms with E-state index in [4.69, 9.17) is 5.73 Å². The van der Waals surface area contributed by atoms with Gasteiger partial charge in [0.2, 0.25) is 0 Å². The summed E-state index contributed by atoms with van der Waals surface area (Å²) < 4.78 is 0. The van der Waals surface area contributed by atoms with Crippen molar-refractivity contribution in [1.29, 1.82) is 0 Å². The summed E-state index contributed by atoms with van der Waals surface area (Å²) >= 11 is 0. The standard InChI is InChI=1S/C16H22N2/c1-11(2)12(3)16-9-8-13(10-18-16)14-6-4-5-7-15(14)17/h6,8-10,12,15H,1,4-5,7,17H2,2-3H3. The maximum atomic E-state index is 6.15. The lowest BCUT2D eigenvalue weighted by Crippen LogP contribution is -2.24. The monoisotopic (exact) mass is 242 g/mol. The van der Waals surface area contributed by atoms with E-state index in [1.165, 1.54) is 17.6 Å². The Bertz CT molecular complexity index is 456. The van der Waals surface area contributed by atoms with Crippen molar-refractivity contribution in [3.05, 3.63) is 47.8 Å². The van der Waals surface area contributed by atoms with Crippen LogP contribution < -0.4 is 5.73 Å². The molecule has 0 aromatic carbocycles. The van der Waals surface area contributed by atoms with Gasteiger partial charge in [-0.25, -0.2) is 0 Å². The highest BCUT2D eigenvalue weighted by Crippen LogP contribution is 2.27. The minimum Gasteiger partial charge on any atom is -0.324 e. The van der Waals surface area contributed by atoms with Gasteiger partial charge >= 0.3 is 0 Å². The molecule has 1 aliphatic rings. The smallest absolute Gasteiger partial charge is 0.0472 e. The van der Waals surface area contributed by atoms with E-state index >= 15 is 0 Å². The van der Waals surface area contributed by atoms with E-state index in [9.17, 15) is 0 Å². The Morgan fingerprint density at radius 3 is 2.83 bits per heavy atom. The Balaban J connectivity index is 2.22. The molecule has 0 amide bonds. The van der Waals surface area contributed by atoms with Crippen LogP contribution in [0.4, 0.5) is 0 Å². The second-order valence-electron chi connectivity index (χ2n) is 5.24. The third-order valence-electron chi connectivity index (χ3n) is 3.79. The SMILES string of the molecule is C=C(C)C(C)c1ccc(C2=CCCCC2N)cn1. The second-order valence-corrected chi connectivity index (χ2v) is 5.24. The number of nitrogens with zero attached hydrogens (tertiary/aromatic N) is 1. The molecule has 1 heterocycles. The summed E-state index contributed by atoms with van der Waals surface area (Å²) in [6.45, 7) is 8.16. The van der Waals surface area contributed by atoms with Gasteiger partial charge in [0, 0.05) is 23.9 Å². The van der Waals surface area contributed by atoms with Crippen LogP contribution in [0.3, 0.4) is 0 Å². The lowest BCUT2D eigenvalue weighted by molar-refractivity contribution is 0.659. The lowest BCUT2D eigenvalue weighted by atomic mass is 9.90. The number of rotatable bonds is 3.